The van der Waals surface area contributed by atoms with E-state index in [4.69, 9.17) is 21.1 Å². The van der Waals surface area contributed by atoms with E-state index in [1.807, 2.05) is 0 Å². The number of halogens is 2. The molecule has 0 bridgehead atoms. The van der Waals surface area contributed by atoms with E-state index in [-0.39, 0.29) is 13.0 Å². The van der Waals surface area contributed by atoms with Gasteiger partial charge in [0.05, 0.1) is 26.5 Å². The molecule has 138 valence electrons. The lowest BCUT2D eigenvalue weighted by atomic mass is 9.95. The van der Waals surface area contributed by atoms with Gasteiger partial charge in [-0.05, 0) is 35.9 Å². The van der Waals surface area contributed by atoms with Gasteiger partial charge in [0, 0.05) is 18.0 Å². The maximum atomic E-state index is 15.4. The first-order valence-corrected chi connectivity index (χ1v) is 8.56. The summed E-state index contributed by atoms with van der Waals surface area (Å²) in [5, 5.41) is 3.21. The SMILES string of the molecule is COc1cccc(C2(F)CCN(C(=O)Nc3cc(Cl)ccc3OC)C2)c1. The van der Waals surface area contributed by atoms with Crippen LogP contribution in [0.15, 0.2) is 42.5 Å². The van der Waals surface area contributed by atoms with E-state index in [9.17, 15) is 4.79 Å². The van der Waals surface area contributed by atoms with E-state index in [2.05, 4.69) is 5.32 Å². The number of ether oxygens (including phenoxy) is 2. The maximum absolute atomic E-state index is 15.4. The molecule has 1 N–H and O–H groups in total. The predicted octanol–water partition coefficient (Wildman–Crippen LogP) is 4.46. The van der Waals surface area contributed by atoms with Crippen LogP contribution in [0.4, 0.5) is 14.9 Å². The van der Waals surface area contributed by atoms with Crippen LogP contribution in [0.5, 0.6) is 11.5 Å². The summed E-state index contributed by atoms with van der Waals surface area (Å²) in [6, 6.07) is 11.4. The number of nitrogens with zero attached hydrogens (tertiary/aromatic N) is 1. The Morgan fingerprint density at radius 2 is 2.04 bits per heavy atom. The van der Waals surface area contributed by atoms with Crippen LogP contribution in [0.25, 0.3) is 0 Å². The Morgan fingerprint density at radius 1 is 1.23 bits per heavy atom. The Labute approximate surface area is 156 Å². The van der Waals surface area contributed by atoms with Crippen molar-refractivity contribution in [2.24, 2.45) is 0 Å². The number of anilines is 1. The van der Waals surface area contributed by atoms with Gasteiger partial charge in [-0.3, -0.25) is 0 Å². The van der Waals surface area contributed by atoms with Gasteiger partial charge in [0.25, 0.3) is 0 Å². The molecule has 0 aliphatic carbocycles. The number of carbonyl (C=O) groups excluding carboxylic acids is 1. The van der Waals surface area contributed by atoms with E-state index in [0.717, 1.165) is 0 Å². The molecule has 1 atom stereocenters. The molecule has 2 amide bonds. The van der Waals surface area contributed by atoms with Crippen molar-refractivity contribution < 1.29 is 18.7 Å². The summed E-state index contributed by atoms with van der Waals surface area (Å²) in [5.74, 6) is 1.08. The summed E-state index contributed by atoms with van der Waals surface area (Å²) in [6.45, 7) is 0.275. The van der Waals surface area contributed by atoms with Crippen molar-refractivity contribution >= 4 is 23.3 Å². The second-order valence-corrected chi connectivity index (χ2v) is 6.58. The van der Waals surface area contributed by atoms with Crippen LogP contribution < -0.4 is 14.8 Å². The highest BCUT2D eigenvalue weighted by atomic mass is 35.5. The number of likely N-dealkylation sites (tertiary alicyclic amines) is 1. The lowest BCUT2D eigenvalue weighted by Gasteiger charge is -2.22. The van der Waals surface area contributed by atoms with Crippen LogP contribution in [0.3, 0.4) is 0 Å². The van der Waals surface area contributed by atoms with Crippen LogP contribution in [0, 0.1) is 0 Å². The normalized spacial score (nSPS) is 19.3. The summed E-state index contributed by atoms with van der Waals surface area (Å²) < 4.78 is 25.8. The molecule has 7 heteroatoms. The largest absolute Gasteiger partial charge is 0.497 e. The molecule has 3 rings (SSSR count). The Balaban J connectivity index is 1.74. The minimum atomic E-state index is -1.61. The predicted molar refractivity (Wildman–Crippen MR) is 99.0 cm³/mol. The third-order valence-corrected chi connectivity index (χ3v) is 4.73. The second-order valence-electron chi connectivity index (χ2n) is 6.14. The monoisotopic (exact) mass is 378 g/mol. The van der Waals surface area contributed by atoms with E-state index in [1.165, 1.54) is 19.1 Å². The Bertz CT molecular complexity index is 817. The molecule has 1 aliphatic rings. The van der Waals surface area contributed by atoms with Crippen molar-refractivity contribution in [2.45, 2.75) is 12.1 Å². The molecule has 1 unspecified atom stereocenters. The lowest BCUT2D eigenvalue weighted by Crippen LogP contribution is -2.35. The van der Waals surface area contributed by atoms with Crippen molar-refractivity contribution in [3.05, 3.63) is 53.1 Å². The standard InChI is InChI=1S/C19H20ClFN2O3/c1-25-15-5-3-4-13(10-15)19(21)8-9-23(12-19)18(24)22-16-11-14(20)6-7-17(16)26-2/h3-7,10-11H,8-9,12H2,1-2H3,(H,22,24). The zero-order chi connectivity index (χ0) is 18.7. The number of amides is 2. The van der Waals surface area contributed by atoms with Crippen molar-refractivity contribution in [3.63, 3.8) is 0 Å². The molecule has 1 heterocycles. The summed E-state index contributed by atoms with van der Waals surface area (Å²) in [7, 11) is 3.04. The fraction of sp³-hybridized carbons (Fsp3) is 0.316. The lowest BCUT2D eigenvalue weighted by molar-refractivity contribution is 0.168. The number of rotatable bonds is 4. The van der Waals surface area contributed by atoms with Gasteiger partial charge in [-0.1, -0.05) is 23.7 Å². The smallest absolute Gasteiger partial charge is 0.322 e. The van der Waals surface area contributed by atoms with Gasteiger partial charge in [-0.15, -0.1) is 0 Å². The van der Waals surface area contributed by atoms with Gasteiger partial charge in [0.15, 0.2) is 5.67 Å². The topological polar surface area (TPSA) is 50.8 Å². The van der Waals surface area contributed by atoms with Gasteiger partial charge in [-0.2, -0.15) is 0 Å². The molecule has 0 aromatic heterocycles. The second kappa shape index (κ2) is 7.41. The summed E-state index contributed by atoms with van der Waals surface area (Å²) in [4.78, 5) is 14.0. The highest BCUT2D eigenvalue weighted by molar-refractivity contribution is 6.31. The number of hydrogen-bond donors (Lipinski definition) is 1. The van der Waals surface area contributed by atoms with Crippen LogP contribution in [-0.4, -0.2) is 38.2 Å². The summed E-state index contributed by atoms with van der Waals surface area (Å²) in [5.41, 5.74) is -0.653. The summed E-state index contributed by atoms with van der Waals surface area (Å²) >= 11 is 5.98. The van der Waals surface area contributed by atoms with Gasteiger partial charge in [-0.25, -0.2) is 9.18 Å². The van der Waals surface area contributed by atoms with Gasteiger partial charge in [0.2, 0.25) is 0 Å². The fourth-order valence-electron chi connectivity index (χ4n) is 3.06. The minimum Gasteiger partial charge on any atom is -0.497 e. The number of methoxy groups -OCH3 is 2. The number of urea groups is 1. The third-order valence-electron chi connectivity index (χ3n) is 4.50. The third kappa shape index (κ3) is 3.70. The number of nitrogens with one attached hydrogen (secondary N) is 1. The van der Waals surface area contributed by atoms with Gasteiger partial charge >= 0.3 is 6.03 Å². The molecule has 1 fully saturated rings. The molecule has 1 aliphatic heterocycles. The van der Waals surface area contributed by atoms with Crippen LogP contribution in [0.2, 0.25) is 5.02 Å². The molecule has 2 aromatic carbocycles. The number of benzene rings is 2. The van der Waals surface area contributed by atoms with Crippen LogP contribution in [-0.2, 0) is 5.67 Å². The Kier molecular flexibility index (Phi) is 5.23. The molecule has 0 spiro atoms. The highest BCUT2D eigenvalue weighted by Crippen LogP contribution is 2.38. The van der Waals surface area contributed by atoms with E-state index >= 15 is 4.39 Å². The molecule has 5 nitrogen and oxygen atoms in total. The number of alkyl halides is 1. The molecule has 26 heavy (non-hydrogen) atoms. The molecule has 0 saturated carbocycles. The molecule has 2 aromatic rings. The van der Waals surface area contributed by atoms with E-state index in [1.54, 1.807) is 42.5 Å². The summed E-state index contributed by atoms with van der Waals surface area (Å²) in [6.07, 6.45) is 0.222. The van der Waals surface area contributed by atoms with E-state index < -0.39 is 11.7 Å². The van der Waals surface area contributed by atoms with Crippen molar-refractivity contribution in [2.75, 3.05) is 32.6 Å². The van der Waals surface area contributed by atoms with Gasteiger partial charge < -0.3 is 19.7 Å². The van der Waals surface area contributed by atoms with Crippen molar-refractivity contribution in [1.29, 1.82) is 0 Å². The average molecular weight is 379 g/mol. The number of hydrogen-bond acceptors (Lipinski definition) is 3. The molecular formula is C19H20ClFN2O3. The van der Waals surface area contributed by atoms with E-state index in [0.29, 0.717) is 34.3 Å². The zero-order valence-corrected chi connectivity index (χ0v) is 15.3. The molecule has 0 radical (unpaired) electrons. The van der Waals surface area contributed by atoms with Crippen LogP contribution in [0.1, 0.15) is 12.0 Å². The van der Waals surface area contributed by atoms with Crippen molar-refractivity contribution in [3.8, 4) is 11.5 Å². The van der Waals surface area contributed by atoms with Crippen molar-refractivity contribution in [1.82, 2.24) is 4.90 Å². The Morgan fingerprint density at radius 3 is 2.77 bits per heavy atom. The first-order chi connectivity index (χ1) is 12.4. The Hall–Kier alpha value is -2.47. The first-order valence-electron chi connectivity index (χ1n) is 8.18. The minimum absolute atomic E-state index is 0.0329. The number of carbonyl (C=O) groups is 1. The quantitative estimate of drug-likeness (QED) is 0.854. The maximum Gasteiger partial charge on any atom is 0.322 e. The average Bonchev–Trinajstić information content (AvgIpc) is 3.06. The van der Waals surface area contributed by atoms with Gasteiger partial charge in [0.1, 0.15) is 11.5 Å². The zero-order valence-electron chi connectivity index (χ0n) is 14.6. The molecule has 1 saturated heterocycles. The fourth-order valence-corrected chi connectivity index (χ4v) is 3.23. The van der Waals surface area contributed by atoms with Crippen LogP contribution >= 0.6 is 11.6 Å². The highest BCUT2D eigenvalue weighted by Gasteiger charge is 2.42. The molecular weight excluding hydrogens is 359 g/mol. The first kappa shape index (κ1) is 18.3.